The van der Waals surface area contributed by atoms with Crippen molar-refractivity contribution < 1.29 is 9.90 Å². The summed E-state index contributed by atoms with van der Waals surface area (Å²) in [7, 11) is 0. The van der Waals surface area contributed by atoms with E-state index in [4.69, 9.17) is 0 Å². The monoisotopic (exact) mass is 321 g/mol. The zero-order chi connectivity index (χ0) is 16.5. The summed E-state index contributed by atoms with van der Waals surface area (Å²) in [6, 6.07) is 15.7. The summed E-state index contributed by atoms with van der Waals surface area (Å²) in [5, 5.41) is 9.59. The molecular weight excluding hydrogens is 302 g/mol. The van der Waals surface area contributed by atoms with E-state index in [-0.39, 0.29) is 19.1 Å². The van der Waals surface area contributed by atoms with Gasteiger partial charge in [-0.2, -0.15) is 0 Å². The molecule has 0 saturated heterocycles. The van der Waals surface area contributed by atoms with Crippen LogP contribution >= 0.6 is 0 Å². The first-order valence-corrected chi connectivity index (χ1v) is 8.21. The first-order valence-electron chi connectivity index (χ1n) is 8.21. The predicted octanol–water partition coefficient (Wildman–Crippen LogP) is 2.51. The van der Waals surface area contributed by atoms with E-state index < -0.39 is 0 Å². The molecule has 122 valence electrons. The van der Waals surface area contributed by atoms with Crippen LogP contribution in [0.1, 0.15) is 17.8 Å². The number of aryl methyl sites for hydroxylation is 1. The van der Waals surface area contributed by atoms with Crippen LogP contribution in [0, 0.1) is 0 Å². The van der Waals surface area contributed by atoms with E-state index >= 15 is 0 Å². The molecule has 2 heterocycles. The van der Waals surface area contributed by atoms with E-state index in [0.29, 0.717) is 5.82 Å². The second-order valence-electron chi connectivity index (χ2n) is 6.04. The van der Waals surface area contributed by atoms with Gasteiger partial charge in [0, 0.05) is 12.2 Å². The van der Waals surface area contributed by atoms with Gasteiger partial charge in [0.05, 0.1) is 11.0 Å². The van der Waals surface area contributed by atoms with E-state index in [9.17, 15) is 9.90 Å². The summed E-state index contributed by atoms with van der Waals surface area (Å²) in [5.74, 6) is 0.551. The van der Waals surface area contributed by atoms with Gasteiger partial charge in [0.1, 0.15) is 19.0 Å². The van der Waals surface area contributed by atoms with Crippen LogP contribution in [0.15, 0.2) is 48.5 Å². The fourth-order valence-electron chi connectivity index (χ4n) is 3.44. The molecule has 24 heavy (non-hydrogen) atoms. The number of amides is 1. The molecule has 0 unspecified atom stereocenters. The number of hydrogen-bond acceptors (Lipinski definition) is 3. The van der Waals surface area contributed by atoms with Gasteiger partial charge in [-0.3, -0.25) is 4.79 Å². The lowest BCUT2D eigenvalue weighted by molar-refractivity contribution is -0.119. The van der Waals surface area contributed by atoms with E-state index in [0.717, 1.165) is 36.1 Å². The van der Waals surface area contributed by atoms with Gasteiger partial charge in [-0.1, -0.05) is 30.3 Å². The maximum absolute atomic E-state index is 12.9. The number of hydrogen-bond donors (Lipinski definition) is 1. The van der Waals surface area contributed by atoms with Crippen molar-refractivity contribution >= 4 is 22.6 Å². The van der Waals surface area contributed by atoms with Gasteiger partial charge in [0.2, 0.25) is 5.91 Å². The first-order chi connectivity index (χ1) is 11.8. The minimum atomic E-state index is -0.182. The molecule has 1 aliphatic rings. The standard InChI is InChI=1S/C19H19N3O2/c23-13-18-20-15-8-2-4-10-17(15)22(18)12-19(24)21-11-5-7-14-6-1-3-9-16(14)21/h1-4,6,8-10,23H,5,7,11-13H2. The highest BCUT2D eigenvalue weighted by molar-refractivity contribution is 5.95. The second kappa shape index (κ2) is 6.09. The molecule has 1 aliphatic heterocycles. The molecule has 4 rings (SSSR count). The fraction of sp³-hybridized carbons (Fsp3) is 0.263. The molecule has 1 N–H and O–H groups in total. The highest BCUT2D eigenvalue weighted by atomic mass is 16.3. The number of carbonyl (C=O) groups excluding carboxylic acids is 1. The van der Waals surface area contributed by atoms with Crippen molar-refractivity contribution in [1.29, 1.82) is 0 Å². The largest absolute Gasteiger partial charge is 0.388 e. The number of benzene rings is 2. The average Bonchev–Trinajstić information content (AvgIpc) is 2.99. The molecule has 5 nitrogen and oxygen atoms in total. The Bertz CT molecular complexity index is 901. The quantitative estimate of drug-likeness (QED) is 0.806. The summed E-state index contributed by atoms with van der Waals surface area (Å²) in [6.45, 7) is 0.736. The van der Waals surface area contributed by atoms with Crippen LogP contribution in [0.5, 0.6) is 0 Å². The topological polar surface area (TPSA) is 58.4 Å². The average molecular weight is 321 g/mol. The normalized spacial score (nSPS) is 14.0. The van der Waals surface area contributed by atoms with Crippen LogP contribution in [0.2, 0.25) is 0 Å². The molecule has 0 saturated carbocycles. The number of nitrogens with zero attached hydrogens (tertiary/aromatic N) is 3. The highest BCUT2D eigenvalue weighted by Gasteiger charge is 2.23. The van der Waals surface area contributed by atoms with Gasteiger partial charge < -0.3 is 14.6 Å². The van der Waals surface area contributed by atoms with Crippen LogP contribution < -0.4 is 4.90 Å². The summed E-state index contributed by atoms with van der Waals surface area (Å²) < 4.78 is 1.81. The Morgan fingerprint density at radius 2 is 1.92 bits per heavy atom. The number of aliphatic hydroxyl groups excluding tert-OH is 1. The van der Waals surface area contributed by atoms with E-state index in [1.165, 1.54) is 5.56 Å². The van der Waals surface area contributed by atoms with Gasteiger partial charge in [-0.25, -0.2) is 4.98 Å². The van der Waals surface area contributed by atoms with Crippen molar-refractivity contribution in [2.75, 3.05) is 11.4 Å². The lowest BCUT2D eigenvalue weighted by Crippen LogP contribution is -2.38. The summed E-state index contributed by atoms with van der Waals surface area (Å²) >= 11 is 0. The lowest BCUT2D eigenvalue weighted by atomic mass is 10.0. The van der Waals surface area contributed by atoms with Crippen molar-refractivity contribution in [2.45, 2.75) is 26.0 Å². The molecule has 3 aromatic rings. The summed E-state index contributed by atoms with van der Waals surface area (Å²) in [4.78, 5) is 19.2. The Morgan fingerprint density at radius 1 is 1.12 bits per heavy atom. The number of anilines is 1. The van der Waals surface area contributed by atoms with Crippen molar-refractivity contribution in [3.05, 3.63) is 59.9 Å². The Morgan fingerprint density at radius 3 is 2.79 bits per heavy atom. The number of fused-ring (bicyclic) bond motifs is 2. The zero-order valence-electron chi connectivity index (χ0n) is 13.4. The maximum Gasteiger partial charge on any atom is 0.246 e. The molecule has 2 aromatic carbocycles. The minimum absolute atomic E-state index is 0.0278. The van der Waals surface area contributed by atoms with Crippen LogP contribution in [0.25, 0.3) is 11.0 Å². The van der Waals surface area contributed by atoms with Crippen LogP contribution in [0.3, 0.4) is 0 Å². The molecule has 5 heteroatoms. The van der Waals surface area contributed by atoms with Crippen molar-refractivity contribution in [1.82, 2.24) is 9.55 Å². The Hall–Kier alpha value is -2.66. The predicted molar refractivity (Wildman–Crippen MR) is 92.8 cm³/mol. The minimum Gasteiger partial charge on any atom is -0.388 e. The highest BCUT2D eigenvalue weighted by Crippen LogP contribution is 2.27. The number of aromatic nitrogens is 2. The molecule has 0 spiro atoms. The molecule has 0 bridgehead atoms. The molecular formula is C19H19N3O2. The second-order valence-corrected chi connectivity index (χ2v) is 6.04. The smallest absolute Gasteiger partial charge is 0.246 e. The van der Waals surface area contributed by atoms with Gasteiger partial charge in [-0.05, 0) is 36.6 Å². The van der Waals surface area contributed by atoms with Crippen molar-refractivity contribution in [3.63, 3.8) is 0 Å². The van der Waals surface area contributed by atoms with Crippen molar-refractivity contribution in [3.8, 4) is 0 Å². The number of para-hydroxylation sites is 3. The van der Waals surface area contributed by atoms with Gasteiger partial charge in [0.15, 0.2) is 0 Å². The molecule has 0 atom stereocenters. The zero-order valence-corrected chi connectivity index (χ0v) is 13.4. The van der Waals surface area contributed by atoms with E-state index in [2.05, 4.69) is 11.1 Å². The first kappa shape index (κ1) is 14.9. The third kappa shape index (κ3) is 2.47. The molecule has 0 fully saturated rings. The molecule has 0 radical (unpaired) electrons. The van der Waals surface area contributed by atoms with E-state index in [1.54, 1.807) is 0 Å². The van der Waals surface area contributed by atoms with Crippen LogP contribution in [-0.2, 0) is 24.4 Å². The molecule has 1 amide bonds. The van der Waals surface area contributed by atoms with Crippen LogP contribution in [-0.4, -0.2) is 27.1 Å². The fourth-order valence-corrected chi connectivity index (χ4v) is 3.44. The number of carbonyl (C=O) groups is 1. The lowest BCUT2D eigenvalue weighted by Gasteiger charge is -2.29. The Kier molecular flexibility index (Phi) is 3.78. The SMILES string of the molecule is O=C(Cn1c(CO)nc2ccccc21)N1CCCc2ccccc21. The van der Waals surface area contributed by atoms with Gasteiger partial charge in [0.25, 0.3) is 0 Å². The van der Waals surface area contributed by atoms with Gasteiger partial charge in [-0.15, -0.1) is 0 Å². The summed E-state index contributed by atoms with van der Waals surface area (Å²) in [6.07, 6.45) is 1.98. The molecule has 0 aliphatic carbocycles. The third-order valence-electron chi connectivity index (χ3n) is 4.58. The number of imidazole rings is 1. The summed E-state index contributed by atoms with van der Waals surface area (Å²) in [5.41, 5.74) is 3.90. The maximum atomic E-state index is 12.9. The number of rotatable bonds is 3. The number of aliphatic hydroxyl groups is 1. The molecule has 1 aromatic heterocycles. The van der Waals surface area contributed by atoms with Crippen molar-refractivity contribution in [2.24, 2.45) is 0 Å². The van der Waals surface area contributed by atoms with Gasteiger partial charge >= 0.3 is 0 Å². The Balaban J connectivity index is 1.68. The van der Waals surface area contributed by atoms with Crippen LogP contribution in [0.4, 0.5) is 5.69 Å². The van der Waals surface area contributed by atoms with E-state index in [1.807, 2.05) is 51.9 Å². The third-order valence-corrected chi connectivity index (χ3v) is 4.58. The Labute approximate surface area is 140 Å².